The molecule has 23 heavy (non-hydrogen) atoms. The topological polar surface area (TPSA) is 72.5 Å². The van der Waals surface area contributed by atoms with Gasteiger partial charge < -0.3 is 20.1 Å². The van der Waals surface area contributed by atoms with E-state index in [2.05, 4.69) is 15.6 Å². The Morgan fingerprint density at radius 2 is 2.00 bits per heavy atom. The lowest BCUT2D eigenvalue weighted by Gasteiger charge is -2.13. The molecule has 6 nitrogen and oxygen atoms in total. The number of anilines is 1. The number of fused-ring (bicyclic) bond motifs is 1. The summed E-state index contributed by atoms with van der Waals surface area (Å²) >= 11 is 0. The molecule has 2 N–H and O–H groups in total. The number of benzene rings is 1. The first kappa shape index (κ1) is 16.9. The molecule has 0 bridgehead atoms. The van der Waals surface area contributed by atoms with Gasteiger partial charge in [-0.25, -0.2) is 4.98 Å². The molecule has 1 aromatic heterocycles. The van der Waals surface area contributed by atoms with Gasteiger partial charge in [-0.15, -0.1) is 0 Å². The summed E-state index contributed by atoms with van der Waals surface area (Å²) in [5.74, 6) is 2.12. The molecule has 124 valence electrons. The van der Waals surface area contributed by atoms with Crippen LogP contribution in [0.1, 0.15) is 18.4 Å². The van der Waals surface area contributed by atoms with Crippen LogP contribution in [0.5, 0.6) is 11.5 Å². The van der Waals surface area contributed by atoms with Crippen LogP contribution in [0.4, 0.5) is 5.82 Å². The molecular weight excluding hydrogens is 294 g/mol. The molecular formula is C17H23N3O3. The summed E-state index contributed by atoms with van der Waals surface area (Å²) in [5, 5.41) is 6.67. The number of amides is 1. The quantitative estimate of drug-likeness (QED) is 0.768. The number of hydrogen-bond acceptors (Lipinski definition) is 5. The molecule has 0 aliphatic carbocycles. The highest BCUT2D eigenvalue weighted by Crippen LogP contribution is 2.34. The molecule has 0 aliphatic rings. The third-order valence-electron chi connectivity index (χ3n) is 3.64. The SMILES string of the molecule is CNC(=O)CCCOc1cc2nc(NC)cc(C)c2cc1OC. The Labute approximate surface area is 136 Å². The first-order chi connectivity index (χ1) is 11.1. The van der Waals surface area contributed by atoms with Crippen molar-refractivity contribution in [2.24, 2.45) is 0 Å². The van der Waals surface area contributed by atoms with Crippen molar-refractivity contribution in [1.82, 2.24) is 10.3 Å². The van der Waals surface area contributed by atoms with Gasteiger partial charge in [0.15, 0.2) is 11.5 Å². The van der Waals surface area contributed by atoms with Crippen molar-refractivity contribution in [2.75, 3.05) is 33.1 Å². The molecule has 2 aromatic rings. The predicted octanol–water partition coefficient (Wildman–Crippen LogP) is 2.50. The number of aryl methyl sites for hydroxylation is 1. The van der Waals surface area contributed by atoms with E-state index in [1.165, 1.54) is 0 Å². The summed E-state index contributed by atoms with van der Waals surface area (Å²) < 4.78 is 11.2. The third kappa shape index (κ3) is 4.03. The Morgan fingerprint density at radius 1 is 1.22 bits per heavy atom. The molecule has 6 heteroatoms. The van der Waals surface area contributed by atoms with E-state index in [4.69, 9.17) is 9.47 Å². The Kier molecular flexibility index (Phi) is 5.62. The first-order valence-corrected chi connectivity index (χ1v) is 7.59. The van der Waals surface area contributed by atoms with E-state index >= 15 is 0 Å². The number of carbonyl (C=O) groups excluding carboxylic acids is 1. The number of pyridine rings is 1. The molecule has 1 heterocycles. The fourth-order valence-electron chi connectivity index (χ4n) is 2.34. The lowest BCUT2D eigenvalue weighted by Crippen LogP contribution is -2.18. The van der Waals surface area contributed by atoms with Crippen molar-refractivity contribution in [3.8, 4) is 11.5 Å². The van der Waals surface area contributed by atoms with Gasteiger partial charge in [-0.1, -0.05) is 0 Å². The van der Waals surface area contributed by atoms with Crippen LogP contribution in [0.3, 0.4) is 0 Å². The lowest BCUT2D eigenvalue weighted by molar-refractivity contribution is -0.120. The van der Waals surface area contributed by atoms with Crippen LogP contribution in [-0.2, 0) is 4.79 Å². The summed E-state index contributed by atoms with van der Waals surface area (Å²) in [4.78, 5) is 15.8. The minimum atomic E-state index is 0.00929. The second kappa shape index (κ2) is 7.67. The largest absolute Gasteiger partial charge is 0.493 e. The van der Waals surface area contributed by atoms with Crippen LogP contribution in [0.2, 0.25) is 0 Å². The highest BCUT2D eigenvalue weighted by atomic mass is 16.5. The molecule has 0 spiro atoms. The van der Waals surface area contributed by atoms with Gasteiger partial charge in [0.2, 0.25) is 5.91 Å². The zero-order valence-corrected chi connectivity index (χ0v) is 14.0. The Bertz CT molecular complexity index is 701. The number of nitrogens with one attached hydrogen (secondary N) is 2. The second-order valence-corrected chi connectivity index (χ2v) is 5.22. The summed E-state index contributed by atoms with van der Waals surface area (Å²) in [6.07, 6.45) is 1.08. The first-order valence-electron chi connectivity index (χ1n) is 7.59. The zero-order chi connectivity index (χ0) is 16.8. The lowest BCUT2D eigenvalue weighted by atomic mass is 10.1. The summed E-state index contributed by atoms with van der Waals surface area (Å²) in [5.41, 5.74) is 1.96. The fraction of sp³-hybridized carbons (Fsp3) is 0.412. The molecule has 1 amide bonds. The van der Waals surface area contributed by atoms with E-state index < -0.39 is 0 Å². The van der Waals surface area contributed by atoms with Gasteiger partial charge in [0.05, 0.1) is 19.2 Å². The predicted molar refractivity (Wildman–Crippen MR) is 91.4 cm³/mol. The average Bonchev–Trinajstić information content (AvgIpc) is 2.57. The highest BCUT2D eigenvalue weighted by Gasteiger charge is 2.11. The second-order valence-electron chi connectivity index (χ2n) is 5.22. The Hall–Kier alpha value is -2.50. The number of carbonyl (C=O) groups is 1. The van der Waals surface area contributed by atoms with E-state index in [0.29, 0.717) is 30.9 Å². The van der Waals surface area contributed by atoms with Gasteiger partial charge in [0.1, 0.15) is 5.82 Å². The van der Waals surface area contributed by atoms with Gasteiger partial charge in [-0.2, -0.15) is 0 Å². The average molecular weight is 317 g/mol. The van der Waals surface area contributed by atoms with E-state index in [1.807, 2.05) is 32.2 Å². The fourth-order valence-corrected chi connectivity index (χ4v) is 2.34. The van der Waals surface area contributed by atoms with Gasteiger partial charge >= 0.3 is 0 Å². The third-order valence-corrected chi connectivity index (χ3v) is 3.64. The molecule has 0 saturated heterocycles. The number of aromatic nitrogens is 1. The van der Waals surface area contributed by atoms with Crippen molar-refractivity contribution in [1.29, 1.82) is 0 Å². The van der Waals surface area contributed by atoms with E-state index in [0.717, 1.165) is 22.3 Å². The number of rotatable bonds is 7. The van der Waals surface area contributed by atoms with Crippen LogP contribution < -0.4 is 20.1 Å². The maximum Gasteiger partial charge on any atom is 0.219 e. The van der Waals surface area contributed by atoms with Crippen LogP contribution in [-0.4, -0.2) is 38.7 Å². The molecule has 0 fully saturated rings. The highest BCUT2D eigenvalue weighted by molar-refractivity contribution is 5.87. The molecule has 0 radical (unpaired) electrons. The van der Waals surface area contributed by atoms with Gasteiger partial charge in [-0.05, 0) is 31.0 Å². The van der Waals surface area contributed by atoms with Crippen molar-refractivity contribution < 1.29 is 14.3 Å². The molecule has 0 unspecified atom stereocenters. The zero-order valence-electron chi connectivity index (χ0n) is 14.0. The van der Waals surface area contributed by atoms with Crippen molar-refractivity contribution >= 4 is 22.6 Å². The number of ether oxygens (including phenoxy) is 2. The molecule has 2 rings (SSSR count). The molecule has 0 atom stereocenters. The number of nitrogens with zero attached hydrogens (tertiary/aromatic N) is 1. The van der Waals surface area contributed by atoms with Gasteiger partial charge in [0, 0.05) is 32.0 Å². The maximum atomic E-state index is 11.2. The van der Waals surface area contributed by atoms with Crippen LogP contribution in [0.15, 0.2) is 18.2 Å². The van der Waals surface area contributed by atoms with E-state index in [9.17, 15) is 4.79 Å². The minimum absolute atomic E-state index is 0.00929. The standard InChI is InChI=1S/C17H23N3O3/c1-11-8-16(18-2)20-13-10-15(14(22-4)9-12(11)13)23-7-5-6-17(21)19-3/h8-10H,5-7H2,1-4H3,(H,18,20)(H,19,21). The minimum Gasteiger partial charge on any atom is -0.493 e. The summed E-state index contributed by atoms with van der Waals surface area (Å²) in [6, 6.07) is 5.80. The number of hydrogen-bond donors (Lipinski definition) is 2. The van der Waals surface area contributed by atoms with E-state index in [1.54, 1.807) is 14.2 Å². The molecule has 0 aliphatic heterocycles. The number of methoxy groups -OCH3 is 1. The Balaban J connectivity index is 2.22. The van der Waals surface area contributed by atoms with Crippen LogP contribution >= 0.6 is 0 Å². The van der Waals surface area contributed by atoms with Crippen molar-refractivity contribution in [2.45, 2.75) is 19.8 Å². The monoisotopic (exact) mass is 317 g/mol. The summed E-state index contributed by atoms with van der Waals surface area (Å²) in [7, 11) is 5.08. The normalized spacial score (nSPS) is 10.4. The Morgan fingerprint density at radius 3 is 2.65 bits per heavy atom. The smallest absolute Gasteiger partial charge is 0.219 e. The molecule has 0 saturated carbocycles. The van der Waals surface area contributed by atoms with Crippen molar-refractivity contribution in [3.63, 3.8) is 0 Å². The van der Waals surface area contributed by atoms with E-state index in [-0.39, 0.29) is 5.91 Å². The van der Waals surface area contributed by atoms with Crippen LogP contribution in [0.25, 0.3) is 10.9 Å². The van der Waals surface area contributed by atoms with Crippen molar-refractivity contribution in [3.05, 3.63) is 23.8 Å². The van der Waals surface area contributed by atoms with Gasteiger partial charge in [-0.3, -0.25) is 4.79 Å². The van der Waals surface area contributed by atoms with Crippen LogP contribution in [0, 0.1) is 6.92 Å². The van der Waals surface area contributed by atoms with Gasteiger partial charge in [0.25, 0.3) is 0 Å². The molecule has 1 aromatic carbocycles. The summed E-state index contributed by atoms with van der Waals surface area (Å²) in [6.45, 7) is 2.48. The maximum absolute atomic E-state index is 11.2.